The van der Waals surface area contributed by atoms with E-state index in [4.69, 9.17) is 10.5 Å². The van der Waals surface area contributed by atoms with Crippen LogP contribution in [0.4, 0.5) is 0 Å². The van der Waals surface area contributed by atoms with Crippen LogP contribution in [0.3, 0.4) is 0 Å². The first-order valence-corrected chi connectivity index (χ1v) is 5.83. The van der Waals surface area contributed by atoms with E-state index in [1.807, 2.05) is 0 Å². The summed E-state index contributed by atoms with van der Waals surface area (Å²) in [6.07, 6.45) is 5.00. The maximum Gasteiger partial charge on any atom is 0.0611 e. The van der Waals surface area contributed by atoms with Crippen molar-refractivity contribution >= 4 is 0 Å². The summed E-state index contributed by atoms with van der Waals surface area (Å²) in [7, 11) is 0. The fraction of sp³-hybridized carbons (Fsp3) is 1.00. The number of unbranched alkanes of at least 4 members (excludes halogenated alkanes) is 1. The van der Waals surface area contributed by atoms with E-state index >= 15 is 0 Å². The zero-order valence-corrected chi connectivity index (χ0v) is 9.51. The minimum atomic E-state index is 0.186. The lowest BCUT2D eigenvalue weighted by atomic mass is 9.74. The number of nitrogens with two attached hydrogens (primary N) is 1. The van der Waals surface area contributed by atoms with Gasteiger partial charge in [-0.15, -0.1) is 0 Å². The lowest BCUT2D eigenvalue weighted by Crippen LogP contribution is -2.62. The Bertz CT molecular complexity index is 155. The van der Waals surface area contributed by atoms with E-state index in [1.165, 1.54) is 12.8 Å². The van der Waals surface area contributed by atoms with Crippen molar-refractivity contribution in [1.29, 1.82) is 0 Å². The summed E-state index contributed by atoms with van der Waals surface area (Å²) < 4.78 is 5.73. The van der Waals surface area contributed by atoms with Gasteiger partial charge in [0.1, 0.15) is 0 Å². The monoisotopic (exact) mass is 200 g/mol. The molecule has 1 rings (SSSR count). The average Bonchev–Trinajstić information content (AvgIpc) is 2.14. The Morgan fingerprint density at radius 1 is 1.43 bits per heavy atom. The second-order valence-corrected chi connectivity index (χ2v) is 4.27. The predicted octanol–water partition coefficient (Wildman–Crippen LogP) is 1.27. The Balaban J connectivity index is 2.13. The molecule has 1 aliphatic rings. The van der Waals surface area contributed by atoms with Gasteiger partial charge >= 0.3 is 0 Å². The molecule has 0 aliphatic heterocycles. The van der Waals surface area contributed by atoms with Crippen molar-refractivity contribution < 1.29 is 4.74 Å². The topological polar surface area (TPSA) is 47.3 Å². The maximum atomic E-state index is 5.75. The molecule has 0 radical (unpaired) electrons. The van der Waals surface area contributed by atoms with Crippen LogP contribution in [-0.4, -0.2) is 31.3 Å². The zero-order valence-electron chi connectivity index (χ0n) is 9.51. The third-order valence-electron chi connectivity index (χ3n) is 3.03. The Labute approximate surface area is 87.4 Å². The van der Waals surface area contributed by atoms with Crippen molar-refractivity contribution in [1.82, 2.24) is 5.32 Å². The molecule has 0 unspecified atom stereocenters. The molecule has 3 N–H and O–H groups in total. The summed E-state index contributed by atoms with van der Waals surface area (Å²) in [5.74, 6) is 0. The van der Waals surface area contributed by atoms with Crippen LogP contribution < -0.4 is 11.1 Å². The lowest BCUT2D eigenvalue weighted by molar-refractivity contribution is -0.0526. The van der Waals surface area contributed by atoms with Gasteiger partial charge in [-0.1, -0.05) is 20.3 Å². The van der Waals surface area contributed by atoms with E-state index in [1.54, 1.807) is 0 Å². The smallest absolute Gasteiger partial charge is 0.0611 e. The van der Waals surface area contributed by atoms with Crippen LogP contribution in [-0.2, 0) is 4.74 Å². The van der Waals surface area contributed by atoms with Gasteiger partial charge in [-0.3, -0.25) is 0 Å². The fourth-order valence-corrected chi connectivity index (χ4v) is 2.08. The minimum absolute atomic E-state index is 0.186. The summed E-state index contributed by atoms with van der Waals surface area (Å²) in [6.45, 7) is 6.96. The van der Waals surface area contributed by atoms with E-state index in [0.717, 1.165) is 32.5 Å². The van der Waals surface area contributed by atoms with Crippen molar-refractivity contribution in [2.75, 3.05) is 19.7 Å². The molecule has 1 saturated carbocycles. The number of ether oxygens (including phenoxy) is 1. The molecule has 0 saturated heterocycles. The molecule has 0 heterocycles. The van der Waals surface area contributed by atoms with Crippen LogP contribution in [0.2, 0.25) is 0 Å². The van der Waals surface area contributed by atoms with Gasteiger partial charge in [0.15, 0.2) is 0 Å². The van der Waals surface area contributed by atoms with Crippen molar-refractivity contribution in [2.45, 2.75) is 51.2 Å². The first-order chi connectivity index (χ1) is 6.76. The van der Waals surface area contributed by atoms with Gasteiger partial charge in [-0.05, 0) is 25.8 Å². The van der Waals surface area contributed by atoms with E-state index in [0.29, 0.717) is 6.10 Å². The molecular formula is C11H24N2O. The summed E-state index contributed by atoms with van der Waals surface area (Å²) in [5, 5.41) is 3.46. The predicted molar refractivity (Wildman–Crippen MR) is 59.3 cm³/mol. The highest BCUT2D eigenvalue weighted by atomic mass is 16.5. The minimum Gasteiger partial charge on any atom is -0.378 e. The summed E-state index contributed by atoms with van der Waals surface area (Å²) in [4.78, 5) is 0. The van der Waals surface area contributed by atoms with E-state index in [9.17, 15) is 0 Å². The van der Waals surface area contributed by atoms with Crippen molar-refractivity contribution in [3.05, 3.63) is 0 Å². The molecule has 0 spiro atoms. The lowest BCUT2D eigenvalue weighted by Gasteiger charge is -2.47. The fourth-order valence-electron chi connectivity index (χ4n) is 2.08. The number of hydrogen-bond acceptors (Lipinski definition) is 3. The molecule has 1 aliphatic carbocycles. The van der Waals surface area contributed by atoms with Gasteiger partial charge in [-0.2, -0.15) is 0 Å². The molecule has 0 aromatic heterocycles. The van der Waals surface area contributed by atoms with Gasteiger partial charge in [0.25, 0.3) is 0 Å². The first kappa shape index (κ1) is 12.0. The number of rotatable bonds is 7. The van der Waals surface area contributed by atoms with Crippen LogP contribution in [0.25, 0.3) is 0 Å². The largest absolute Gasteiger partial charge is 0.378 e. The molecule has 0 amide bonds. The highest BCUT2D eigenvalue weighted by Crippen LogP contribution is 2.33. The molecule has 1 fully saturated rings. The van der Waals surface area contributed by atoms with Crippen molar-refractivity contribution in [2.24, 2.45) is 5.73 Å². The van der Waals surface area contributed by atoms with Gasteiger partial charge in [0, 0.05) is 18.7 Å². The van der Waals surface area contributed by atoms with Crippen molar-refractivity contribution in [3.63, 3.8) is 0 Å². The molecule has 3 nitrogen and oxygen atoms in total. The molecule has 0 aromatic carbocycles. The molecule has 3 heteroatoms. The summed E-state index contributed by atoms with van der Waals surface area (Å²) in [5.41, 5.74) is 5.94. The standard InChI is InChI=1S/C11H24N2O/c1-3-5-6-14-10-7-11(8-10,9-12)13-4-2/h10,13H,3-9,12H2,1-2H3. The normalized spacial score (nSPS) is 31.5. The average molecular weight is 200 g/mol. The second kappa shape index (κ2) is 5.69. The van der Waals surface area contributed by atoms with E-state index in [2.05, 4.69) is 19.2 Å². The molecule has 14 heavy (non-hydrogen) atoms. The quantitative estimate of drug-likeness (QED) is 0.608. The third kappa shape index (κ3) is 2.94. The Morgan fingerprint density at radius 3 is 2.64 bits per heavy atom. The van der Waals surface area contributed by atoms with Crippen LogP contribution in [0.15, 0.2) is 0 Å². The highest BCUT2D eigenvalue weighted by molar-refractivity contribution is 5.02. The van der Waals surface area contributed by atoms with Gasteiger partial charge in [0.05, 0.1) is 6.10 Å². The van der Waals surface area contributed by atoms with Crippen LogP contribution >= 0.6 is 0 Å². The van der Waals surface area contributed by atoms with Gasteiger partial charge in [0.2, 0.25) is 0 Å². The Morgan fingerprint density at radius 2 is 2.14 bits per heavy atom. The summed E-state index contributed by atoms with van der Waals surface area (Å²) >= 11 is 0. The van der Waals surface area contributed by atoms with Crippen molar-refractivity contribution in [3.8, 4) is 0 Å². The van der Waals surface area contributed by atoms with E-state index in [-0.39, 0.29) is 5.54 Å². The van der Waals surface area contributed by atoms with Gasteiger partial charge in [-0.25, -0.2) is 0 Å². The summed E-state index contributed by atoms with van der Waals surface area (Å²) in [6, 6.07) is 0. The zero-order chi connectivity index (χ0) is 10.4. The SMILES string of the molecule is CCCCOC1CC(CN)(NCC)C1. The maximum absolute atomic E-state index is 5.75. The molecular weight excluding hydrogens is 176 g/mol. The van der Waals surface area contributed by atoms with Crippen LogP contribution in [0, 0.1) is 0 Å². The second-order valence-electron chi connectivity index (χ2n) is 4.27. The number of likely N-dealkylation sites (N-methyl/N-ethyl adjacent to an activating group) is 1. The highest BCUT2D eigenvalue weighted by Gasteiger charge is 2.42. The molecule has 0 aromatic rings. The van der Waals surface area contributed by atoms with Crippen LogP contribution in [0.5, 0.6) is 0 Å². The Hall–Kier alpha value is -0.120. The number of nitrogens with one attached hydrogen (secondary N) is 1. The van der Waals surface area contributed by atoms with E-state index < -0.39 is 0 Å². The first-order valence-electron chi connectivity index (χ1n) is 5.83. The molecule has 0 bridgehead atoms. The molecule has 84 valence electrons. The number of hydrogen-bond donors (Lipinski definition) is 2. The third-order valence-corrected chi connectivity index (χ3v) is 3.03. The molecule has 0 atom stereocenters. The Kier molecular flexibility index (Phi) is 4.85. The van der Waals surface area contributed by atoms with Crippen LogP contribution in [0.1, 0.15) is 39.5 Å². The van der Waals surface area contributed by atoms with Gasteiger partial charge < -0.3 is 15.8 Å².